The molecule has 1 fully saturated rings. The lowest BCUT2D eigenvalue weighted by Gasteiger charge is -2.32. The van der Waals surface area contributed by atoms with Gasteiger partial charge in [-0.15, -0.1) is 0 Å². The van der Waals surface area contributed by atoms with Gasteiger partial charge in [0.25, 0.3) is 0 Å². The Balaban J connectivity index is 1.38. The summed E-state index contributed by atoms with van der Waals surface area (Å²) in [6, 6.07) is 15.7. The zero-order valence-corrected chi connectivity index (χ0v) is 19.2. The number of rotatable bonds is 5. The van der Waals surface area contributed by atoms with Crippen molar-refractivity contribution in [3.05, 3.63) is 64.9 Å². The molecule has 7 heteroatoms. The van der Waals surface area contributed by atoms with Gasteiger partial charge < -0.3 is 15.0 Å². The molecule has 1 amide bonds. The summed E-state index contributed by atoms with van der Waals surface area (Å²) in [7, 11) is 1.65. The topological polar surface area (TPSA) is 67.3 Å². The monoisotopic (exact) mass is 480 g/mol. The van der Waals surface area contributed by atoms with Gasteiger partial charge in [0, 0.05) is 40.8 Å². The molecule has 31 heavy (non-hydrogen) atoms. The van der Waals surface area contributed by atoms with Crippen LogP contribution in [0.4, 0.5) is 11.5 Å². The average Bonchev–Trinajstić information content (AvgIpc) is 2.81. The third-order valence-corrected chi connectivity index (χ3v) is 6.17. The van der Waals surface area contributed by atoms with E-state index < -0.39 is 0 Å². The quantitative estimate of drug-likeness (QED) is 0.551. The Morgan fingerprint density at radius 3 is 2.52 bits per heavy atom. The molecule has 0 aliphatic carbocycles. The van der Waals surface area contributed by atoms with Crippen molar-refractivity contribution in [1.29, 1.82) is 0 Å². The molecule has 1 aliphatic rings. The first-order valence-corrected chi connectivity index (χ1v) is 11.1. The summed E-state index contributed by atoms with van der Waals surface area (Å²) in [5.74, 6) is 1.80. The highest BCUT2D eigenvalue weighted by atomic mass is 79.9. The van der Waals surface area contributed by atoms with Crippen molar-refractivity contribution in [2.45, 2.75) is 19.8 Å². The number of piperidine rings is 1. The number of carbonyl (C=O) groups excluding carboxylic acids is 1. The number of aryl methyl sites for hydroxylation is 1. The van der Waals surface area contributed by atoms with Crippen LogP contribution in [0.3, 0.4) is 0 Å². The van der Waals surface area contributed by atoms with Gasteiger partial charge in [-0.1, -0.05) is 15.9 Å². The van der Waals surface area contributed by atoms with Crippen LogP contribution in [0.25, 0.3) is 11.3 Å². The summed E-state index contributed by atoms with van der Waals surface area (Å²) >= 11 is 3.46. The number of amides is 1. The largest absolute Gasteiger partial charge is 0.497 e. The SMILES string of the molecule is COc1ccc(-c2cc(N3CCC(C(=O)Nc4ccc(Br)cc4C)CC3)ncn2)cc1. The molecule has 160 valence electrons. The molecule has 1 N–H and O–H groups in total. The van der Waals surface area contributed by atoms with E-state index in [4.69, 9.17) is 4.74 Å². The van der Waals surface area contributed by atoms with Gasteiger partial charge in [0.15, 0.2) is 0 Å². The number of benzene rings is 2. The van der Waals surface area contributed by atoms with E-state index in [1.807, 2.05) is 55.5 Å². The maximum absolute atomic E-state index is 12.8. The highest BCUT2D eigenvalue weighted by molar-refractivity contribution is 9.10. The Morgan fingerprint density at radius 2 is 1.84 bits per heavy atom. The molecule has 0 atom stereocenters. The van der Waals surface area contributed by atoms with Crippen LogP contribution in [-0.4, -0.2) is 36.1 Å². The van der Waals surface area contributed by atoms with Crippen molar-refractivity contribution in [3.8, 4) is 17.0 Å². The zero-order chi connectivity index (χ0) is 21.8. The Bertz CT molecular complexity index is 1060. The Labute approximate surface area is 190 Å². The summed E-state index contributed by atoms with van der Waals surface area (Å²) in [6.07, 6.45) is 3.19. The van der Waals surface area contributed by atoms with Gasteiger partial charge in [0.2, 0.25) is 5.91 Å². The van der Waals surface area contributed by atoms with E-state index in [2.05, 4.69) is 36.1 Å². The van der Waals surface area contributed by atoms with Crippen molar-refractivity contribution >= 4 is 33.3 Å². The van der Waals surface area contributed by atoms with Crippen LogP contribution in [0.5, 0.6) is 5.75 Å². The van der Waals surface area contributed by atoms with E-state index in [9.17, 15) is 4.79 Å². The Morgan fingerprint density at radius 1 is 1.10 bits per heavy atom. The fourth-order valence-corrected chi connectivity index (χ4v) is 4.29. The summed E-state index contributed by atoms with van der Waals surface area (Å²) < 4.78 is 6.24. The van der Waals surface area contributed by atoms with Crippen LogP contribution in [0, 0.1) is 12.8 Å². The van der Waals surface area contributed by atoms with Gasteiger partial charge in [0.05, 0.1) is 12.8 Å². The number of ether oxygens (including phenoxy) is 1. The van der Waals surface area contributed by atoms with E-state index >= 15 is 0 Å². The summed E-state index contributed by atoms with van der Waals surface area (Å²) in [6.45, 7) is 3.57. The van der Waals surface area contributed by atoms with Crippen LogP contribution in [0.1, 0.15) is 18.4 Å². The second kappa shape index (κ2) is 9.47. The predicted molar refractivity (Wildman–Crippen MR) is 126 cm³/mol. The third kappa shape index (κ3) is 5.05. The molecule has 0 radical (unpaired) electrons. The standard InChI is InChI=1S/C24H25BrN4O2/c1-16-13-19(25)5-8-21(16)28-24(30)18-9-11-29(12-10-18)23-14-22(26-15-27-23)17-3-6-20(31-2)7-4-17/h3-8,13-15,18H,9-12H2,1-2H3,(H,28,30). The molecular formula is C24H25BrN4O2. The maximum atomic E-state index is 12.8. The predicted octanol–water partition coefficient (Wildman–Crippen LogP) is 5.08. The number of carbonyl (C=O) groups is 1. The van der Waals surface area contributed by atoms with Gasteiger partial charge in [-0.25, -0.2) is 9.97 Å². The van der Waals surface area contributed by atoms with Crippen LogP contribution in [-0.2, 0) is 4.79 Å². The molecule has 1 saturated heterocycles. The van der Waals surface area contributed by atoms with Crippen LogP contribution >= 0.6 is 15.9 Å². The lowest BCUT2D eigenvalue weighted by Crippen LogP contribution is -2.38. The van der Waals surface area contributed by atoms with Crippen molar-refractivity contribution in [3.63, 3.8) is 0 Å². The molecule has 0 spiro atoms. The molecule has 2 aromatic carbocycles. The number of anilines is 2. The number of methoxy groups -OCH3 is 1. The summed E-state index contributed by atoms with van der Waals surface area (Å²) in [4.78, 5) is 23.9. The van der Waals surface area contributed by atoms with Crippen molar-refractivity contribution < 1.29 is 9.53 Å². The number of hydrogen-bond acceptors (Lipinski definition) is 5. The molecule has 0 saturated carbocycles. The Kier molecular flexibility index (Phi) is 6.51. The van der Waals surface area contributed by atoms with E-state index in [1.165, 1.54) is 0 Å². The summed E-state index contributed by atoms with van der Waals surface area (Å²) in [5, 5.41) is 3.09. The molecule has 1 aliphatic heterocycles. The van der Waals surface area contributed by atoms with E-state index in [1.54, 1.807) is 13.4 Å². The fraction of sp³-hybridized carbons (Fsp3) is 0.292. The average molecular weight is 481 g/mol. The highest BCUT2D eigenvalue weighted by Gasteiger charge is 2.26. The smallest absolute Gasteiger partial charge is 0.227 e. The van der Waals surface area contributed by atoms with Crippen molar-refractivity contribution in [1.82, 2.24) is 9.97 Å². The van der Waals surface area contributed by atoms with E-state index in [0.29, 0.717) is 0 Å². The molecule has 1 aromatic heterocycles. The van der Waals surface area contributed by atoms with E-state index in [0.717, 1.165) is 64.5 Å². The minimum absolute atomic E-state index is 0.00203. The van der Waals surface area contributed by atoms with Crippen molar-refractivity contribution in [2.24, 2.45) is 5.92 Å². The third-order valence-electron chi connectivity index (χ3n) is 5.67. The second-order valence-corrected chi connectivity index (χ2v) is 8.62. The second-order valence-electron chi connectivity index (χ2n) is 7.70. The molecule has 0 unspecified atom stereocenters. The van der Waals surface area contributed by atoms with Gasteiger partial charge in [-0.2, -0.15) is 0 Å². The number of nitrogens with zero attached hydrogens (tertiary/aromatic N) is 3. The summed E-state index contributed by atoms with van der Waals surface area (Å²) in [5.41, 5.74) is 3.81. The Hall–Kier alpha value is -2.93. The molecule has 4 rings (SSSR count). The molecular weight excluding hydrogens is 456 g/mol. The maximum Gasteiger partial charge on any atom is 0.227 e. The minimum atomic E-state index is 0.00203. The first-order valence-electron chi connectivity index (χ1n) is 10.3. The van der Waals surface area contributed by atoms with Gasteiger partial charge in [-0.3, -0.25) is 4.79 Å². The number of nitrogens with one attached hydrogen (secondary N) is 1. The molecule has 3 aromatic rings. The lowest BCUT2D eigenvalue weighted by molar-refractivity contribution is -0.120. The highest BCUT2D eigenvalue weighted by Crippen LogP contribution is 2.27. The fourth-order valence-electron chi connectivity index (χ4n) is 3.81. The molecule has 6 nitrogen and oxygen atoms in total. The van der Waals surface area contributed by atoms with Gasteiger partial charge in [-0.05, 0) is 67.8 Å². The normalized spacial score (nSPS) is 14.4. The van der Waals surface area contributed by atoms with Gasteiger partial charge in [0.1, 0.15) is 17.9 Å². The van der Waals surface area contributed by atoms with Crippen molar-refractivity contribution in [2.75, 3.05) is 30.4 Å². The zero-order valence-electron chi connectivity index (χ0n) is 17.6. The molecule has 2 heterocycles. The van der Waals surface area contributed by atoms with Crippen LogP contribution < -0.4 is 15.0 Å². The first-order chi connectivity index (χ1) is 15.0. The number of halogens is 1. The number of hydrogen-bond donors (Lipinski definition) is 1. The van der Waals surface area contributed by atoms with Crippen LogP contribution in [0.2, 0.25) is 0 Å². The van der Waals surface area contributed by atoms with Crippen LogP contribution in [0.15, 0.2) is 59.3 Å². The molecule has 0 bridgehead atoms. The van der Waals surface area contributed by atoms with E-state index in [-0.39, 0.29) is 11.8 Å². The lowest BCUT2D eigenvalue weighted by atomic mass is 9.95. The van der Waals surface area contributed by atoms with Gasteiger partial charge >= 0.3 is 0 Å². The minimum Gasteiger partial charge on any atom is -0.497 e. The first kappa shape index (κ1) is 21.3. The number of aromatic nitrogens is 2.